The normalized spacial score (nSPS) is 19.4. The molecule has 2 heterocycles. The number of carbonyl (C=O) groups excluding carboxylic acids is 2. The molecule has 0 N–H and O–H groups in total. The molecule has 0 spiro atoms. The van der Waals surface area contributed by atoms with Crippen molar-refractivity contribution in [2.75, 3.05) is 13.1 Å². The van der Waals surface area contributed by atoms with Crippen LogP contribution in [0.3, 0.4) is 0 Å². The summed E-state index contributed by atoms with van der Waals surface area (Å²) < 4.78 is 5.39. The van der Waals surface area contributed by atoms with Crippen molar-refractivity contribution in [2.45, 2.75) is 45.6 Å². The van der Waals surface area contributed by atoms with Gasteiger partial charge in [0.25, 0.3) is 0 Å². The number of rotatable bonds is 3. The van der Waals surface area contributed by atoms with E-state index >= 15 is 0 Å². The standard InChI is InChI=1S/C15H22N2O3S/c1-15(2,3)20-14(19)17-7-4-5-11(10-17)9-12(18)13-16-6-8-21-13/h6,8,11H,4-5,7,9-10H2,1-3H3/t11-/m0/s1. The lowest BCUT2D eigenvalue weighted by Crippen LogP contribution is -2.43. The number of hydrogen-bond acceptors (Lipinski definition) is 5. The highest BCUT2D eigenvalue weighted by Gasteiger charge is 2.29. The number of thiazole rings is 1. The minimum atomic E-state index is -0.485. The first-order valence-corrected chi connectivity index (χ1v) is 8.14. The van der Waals surface area contributed by atoms with E-state index in [1.807, 2.05) is 20.8 Å². The van der Waals surface area contributed by atoms with Gasteiger partial charge < -0.3 is 9.64 Å². The molecule has 5 nitrogen and oxygen atoms in total. The van der Waals surface area contributed by atoms with E-state index in [1.165, 1.54) is 11.3 Å². The molecule has 1 aromatic rings. The van der Waals surface area contributed by atoms with Crippen molar-refractivity contribution in [1.82, 2.24) is 9.88 Å². The monoisotopic (exact) mass is 310 g/mol. The second-order valence-corrected chi connectivity index (χ2v) is 7.29. The third-order valence-corrected chi connectivity index (χ3v) is 4.13. The number of nitrogens with zero attached hydrogens (tertiary/aromatic N) is 2. The maximum absolute atomic E-state index is 12.1. The third-order valence-electron chi connectivity index (χ3n) is 3.32. The van der Waals surface area contributed by atoms with E-state index in [1.54, 1.807) is 16.5 Å². The third kappa shape index (κ3) is 4.81. The highest BCUT2D eigenvalue weighted by molar-refractivity contribution is 7.11. The van der Waals surface area contributed by atoms with Crippen LogP contribution in [0, 0.1) is 5.92 Å². The van der Waals surface area contributed by atoms with Gasteiger partial charge in [-0.1, -0.05) is 0 Å². The fraction of sp³-hybridized carbons (Fsp3) is 0.667. The minimum absolute atomic E-state index is 0.0704. The number of amides is 1. The van der Waals surface area contributed by atoms with Crippen LogP contribution in [0.4, 0.5) is 4.79 Å². The molecule has 1 amide bonds. The van der Waals surface area contributed by atoms with Gasteiger partial charge in [0.05, 0.1) is 0 Å². The van der Waals surface area contributed by atoms with E-state index in [0.29, 0.717) is 24.5 Å². The number of aromatic nitrogens is 1. The van der Waals surface area contributed by atoms with Crippen LogP contribution < -0.4 is 0 Å². The lowest BCUT2D eigenvalue weighted by atomic mass is 9.93. The van der Waals surface area contributed by atoms with Gasteiger partial charge in [-0.05, 0) is 39.5 Å². The summed E-state index contributed by atoms with van der Waals surface area (Å²) in [5, 5.41) is 2.37. The van der Waals surface area contributed by atoms with Gasteiger partial charge in [-0.2, -0.15) is 0 Å². The largest absolute Gasteiger partial charge is 0.444 e. The molecule has 0 aromatic carbocycles. The Labute approximate surface area is 129 Å². The quantitative estimate of drug-likeness (QED) is 0.803. The van der Waals surface area contributed by atoms with E-state index in [2.05, 4.69) is 4.98 Å². The van der Waals surface area contributed by atoms with Crippen molar-refractivity contribution < 1.29 is 14.3 Å². The van der Waals surface area contributed by atoms with Crippen molar-refractivity contribution in [3.63, 3.8) is 0 Å². The van der Waals surface area contributed by atoms with E-state index in [9.17, 15) is 9.59 Å². The van der Waals surface area contributed by atoms with Gasteiger partial charge >= 0.3 is 6.09 Å². The van der Waals surface area contributed by atoms with Crippen LogP contribution in [0.5, 0.6) is 0 Å². The molecule has 1 aliphatic heterocycles. The highest BCUT2D eigenvalue weighted by atomic mass is 32.1. The Balaban J connectivity index is 1.89. The average molecular weight is 310 g/mol. The second-order valence-electron chi connectivity index (χ2n) is 6.40. The smallest absolute Gasteiger partial charge is 0.410 e. The van der Waals surface area contributed by atoms with Crippen LogP contribution in [-0.4, -0.2) is 40.5 Å². The Hall–Kier alpha value is -1.43. The van der Waals surface area contributed by atoms with Crippen LogP contribution in [0.2, 0.25) is 0 Å². The van der Waals surface area contributed by atoms with Crippen molar-refractivity contribution in [1.29, 1.82) is 0 Å². The fourth-order valence-corrected chi connectivity index (χ4v) is 3.02. The molecule has 2 rings (SSSR count). The Morgan fingerprint density at radius 2 is 2.24 bits per heavy atom. The summed E-state index contributed by atoms with van der Waals surface area (Å²) in [6, 6.07) is 0. The highest BCUT2D eigenvalue weighted by Crippen LogP contribution is 2.23. The Morgan fingerprint density at radius 1 is 1.48 bits per heavy atom. The molecule has 116 valence electrons. The molecule has 0 bridgehead atoms. The summed E-state index contributed by atoms with van der Waals surface area (Å²) in [6.45, 7) is 6.87. The minimum Gasteiger partial charge on any atom is -0.444 e. The summed E-state index contributed by atoms with van der Waals surface area (Å²) in [5.74, 6) is 0.267. The molecule has 0 aliphatic carbocycles. The summed E-state index contributed by atoms with van der Waals surface area (Å²) in [4.78, 5) is 29.9. The second kappa shape index (κ2) is 6.56. The molecule has 0 unspecified atom stereocenters. The Kier molecular flexibility index (Phi) is 4.98. The van der Waals surface area contributed by atoms with Crippen molar-refractivity contribution in [3.05, 3.63) is 16.6 Å². The van der Waals surface area contributed by atoms with Crippen molar-refractivity contribution in [2.24, 2.45) is 5.92 Å². The first kappa shape index (κ1) is 15.9. The molecular formula is C15H22N2O3S. The summed E-state index contributed by atoms with van der Waals surface area (Å²) in [6.07, 6.45) is 3.69. The lowest BCUT2D eigenvalue weighted by molar-refractivity contribution is 0.0161. The zero-order valence-electron chi connectivity index (χ0n) is 12.8. The van der Waals surface area contributed by atoms with Crippen molar-refractivity contribution >= 4 is 23.2 Å². The zero-order chi connectivity index (χ0) is 15.5. The van der Waals surface area contributed by atoms with Gasteiger partial charge in [0.1, 0.15) is 5.60 Å². The number of ketones is 1. The number of hydrogen-bond donors (Lipinski definition) is 0. The van der Waals surface area contributed by atoms with Crippen LogP contribution >= 0.6 is 11.3 Å². The first-order chi connectivity index (χ1) is 9.85. The molecule has 1 aromatic heterocycles. The van der Waals surface area contributed by atoms with Crippen LogP contribution in [-0.2, 0) is 4.74 Å². The van der Waals surface area contributed by atoms with Crippen molar-refractivity contribution in [3.8, 4) is 0 Å². The molecule has 1 saturated heterocycles. The number of carbonyl (C=O) groups is 2. The molecule has 21 heavy (non-hydrogen) atoms. The van der Waals surface area contributed by atoms with E-state index in [4.69, 9.17) is 4.74 Å². The predicted octanol–water partition coefficient (Wildman–Crippen LogP) is 3.36. The van der Waals surface area contributed by atoms with Gasteiger partial charge in [0.2, 0.25) is 0 Å². The van der Waals surface area contributed by atoms with Crippen LogP contribution in [0.25, 0.3) is 0 Å². The predicted molar refractivity (Wildman–Crippen MR) is 81.6 cm³/mol. The summed E-state index contributed by atoms with van der Waals surface area (Å²) >= 11 is 1.37. The van der Waals surface area contributed by atoms with Crippen LogP contribution in [0.1, 0.15) is 49.8 Å². The zero-order valence-corrected chi connectivity index (χ0v) is 13.6. The molecule has 0 radical (unpaired) electrons. The number of likely N-dealkylation sites (tertiary alicyclic amines) is 1. The lowest BCUT2D eigenvalue weighted by Gasteiger charge is -2.33. The van der Waals surface area contributed by atoms with E-state index in [-0.39, 0.29) is 17.8 Å². The molecule has 1 fully saturated rings. The maximum atomic E-state index is 12.1. The number of Topliss-reactive ketones (excluding diaryl/α,β-unsaturated/α-hetero) is 1. The molecule has 1 aliphatic rings. The first-order valence-electron chi connectivity index (χ1n) is 7.26. The van der Waals surface area contributed by atoms with Gasteiger partial charge in [0, 0.05) is 31.1 Å². The maximum Gasteiger partial charge on any atom is 0.410 e. The van der Waals surface area contributed by atoms with Gasteiger partial charge in [-0.3, -0.25) is 4.79 Å². The van der Waals surface area contributed by atoms with Gasteiger partial charge in [-0.15, -0.1) is 11.3 Å². The number of ether oxygens (including phenoxy) is 1. The summed E-state index contributed by atoms with van der Waals surface area (Å²) in [5.41, 5.74) is -0.485. The summed E-state index contributed by atoms with van der Waals surface area (Å²) in [7, 11) is 0. The average Bonchev–Trinajstić information content (AvgIpc) is 2.91. The van der Waals surface area contributed by atoms with Gasteiger partial charge in [-0.25, -0.2) is 9.78 Å². The SMILES string of the molecule is CC(C)(C)OC(=O)N1CCC[C@@H](CC(=O)c2nccs2)C1. The molecule has 0 saturated carbocycles. The van der Waals surface area contributed by atoms with Gasteiger partial charge in [0.15, 0.2) is 10.8 Å². The molecular weight excluding hydrogens is 288 g/mol. The van der Waals surface area contributed by atoms with E-state index < -0.39 is 5.60 Å². The molecule has 6 heteroatoms. The molecule has 1 atom stereocenters. The fourth-order valence-electron chi connectivity index (χ4n) is 2.43. The Bertz CT molecular complexity index is 494. The number of piperidine rings is 1. The van der Waals surface area contributed by atoms with Crippen LogP contribution in [0.15, 0.2) is 11.6 Å². The Morgan fingerprint density at radius 3 is 2.86 bits per heavy atom. The van der Waals surface area contributed by atoms with E-state index in [0.717, 1.165) is 12.8 Å². The topological polar surface area (TPSA) is 59.5 Å².